The predicted octanol–water partition coefficient (Wildman–Crippen LogP) is 3.38. The number of hydrogen-bond acceptors (Lipinski definition) is 8. The van der Waals surface area contributed by atoms with E-state index in [0.29, 0.717) is 38.5 Å². The third-order valence-corrected chi connectivity index (χ3v) is 7.95. The van der Waals surface area contributed by atoms with Crippen molar-refractivity contribution in [3.63, 3.8) is 0 Å². The van der Waals surface area contributed by atoms with Crippen molar-refractivity contribution in [1.82, 2.24) is 4.90 Å². The number of morpholine rings is 1. The summed E-state index contributed by atoms with van der Waals surface area (Å²) in [4.78, 5) is 27.6. The number of carbonyl (C=O) groups is 2. The van der Waals surface area contributed by atoms with E-state index in [1.54, 1.807) is 0 Å². The van der Waals surface area contributed by atoms with Crippen LogP contribution in [0.1, 0.15) is 44.3 Å². The van der Waals surface area contributed by atoms with E-state index in [1.807, 2.05) is 30.3 Å². The zero-order chi connectivity index (χ0) is 25.8. The highest BCUT2D eigenvalue weighted by Gasteiger charge is 2.61. The highest BCUT2D eigenvalue weighted by atomic mass is 16.6. The molecule has 1 aromatic rings. The quantitative estimate of drug-likeness (QED) is 0.227. The molecule has 3 heterocycles. The van der Waals surface area contributed by atoms with Gasteiger partial charge in [-0.25, -0.2) is 9.59 Å². The molecule has 8 nitrogen and oxygen atoms in total. The minimum Gasteiger partial charge on any atom is -0.462 e. The molecule has 0 bridgehead atoms. The van der Waals surface area contributed by atoms with Crippen LogP contribution in [0.5, 0.6) is 0 Å². The Bertz CT molecular complexity index is 1020. The lowest BCUT2D eigenvalue weighted by molar-refractivity contribution is -0.158. The van der Waals surface area contributed by atoms with Crippen LogP contribution in [0.3, 0.4) is 0 Å². The fourth-order valence-electron chi connectivity index (χ4n) is 5.55. The second-order valence-electron chi connectivity index (χ2n) is 10.5. The van der Waals surface area contributed by atoms with Crippen LogP contribution in [0.15, 0.2) is 54.1 Å². The average molecular weight is 512 g/mol. The normalized spacial score (nSPS) is 32.4. The second-order valence-corrected chi connectivity index (χ2v) is 10.5. The lowest BCUT2D eigenvalue weighted by Crippen LogP contribution is -2.38. The smallest absolute Gasteiger partial charge is 0.339 e. The standard InChI is InChI=1S/C29H37NO7/c1-20-23-11-10-21(7-6-12-29(2)26(37-29)25(23)36-27(20)31)19-35-24(22-8-4-3-5-9-22)28(32)34-18-15-30-13-16-33-17-14-30/h3-5,7-9,23-26H,1,6,10-19H2,2H3/b21-7+/t23-,24?,25-,26+,29+/m0/s1. The number of benzene rings is 1. The van der Waals surface area contributed by atoms with E-state index in [4.69, 9.17) is 23.7 Å². The highest BCUT2D eigenvalue weighted by Crippen LogP contribution is 2.49. The predicted molar refractivity (Wildman–Crippen MR) is 136 cm³/mol. The molecule has 0 spiro atoms. The minimum absolute atomic E-state index is 0.0680. The fourth-order valence-corrected chi connectivity index (χ4v) is 5.55. The number of epoxide rings is 1. The number of carbonyl (C=O) groups excluding carboxylic acids is 2. The topological polar surface area (TPSA) is 86.8 Å². The summed E-state index contributed by atoms with van der Waals surface area (Å²) in [7, 11) is 0. The molecule has 0 saturated carbocycles. The third-order valence-electron chi connectivity index (χ3n) is 7.95. The van der Waals surface area contributed by atoms with Gasteiger partial charge in [0, 0.05) is 31.1 Å². The Labute approximate surface area is 218 Å². The zero-order valence-corrected chi connectivity index (χ0v) is 21.6. The number of esters is 2. The molecule has 0 radical (unpaired) electrons. The van der Waals surface area contributed by atoms with E-state index in [-0.39, 0.29) is 35.7 Å². The van der Waals surface area contributed by atoms with Crippen LogP contribution in [0, 0.1) is 5.92 Å². The van der Waals surface area contributed by atoms with Crippen LogP contribution in [-0.4, -0.2) is 80.7 Å². The Morgan fingerprint density at radius 3 is 2.81 bits per heavy atom. The van der Waals surface area contributed by atoms with Crippen molar-refractivity contribution in [3.05, 3.63) is 59.7 Å². The van der Waals surface area contributed by atoms with Crippen molar-refractivity contribution in [1.29, 1.82) is 0 Å². The molecule has 0 amide bonds. The Morgan fingerprint density at radius 1 is 1.24 bits per heavy atom. The Morgan fingerprint density at radius 2 is 2.03 bits per heavy atom. The van der Waals surface area contributed by atoms with Crippen molar-refractivity contribution >= 4 is 11.9 Å². The van der Waals surface area contributed by atoms with Crippen molar-refractivity contribution in [3.8, 4) is 0 Å². The first-order valence-corrected chi connectivity index (χ1v) is 13.3. The summed E-state index contributed by atoms with van der Waals surface area (Å²) in [5.41, 5.74) is 2.10. The molecular formula is C29H37NO7. The van der Waals surface area contributed by atoms with Crippen LogP contribution in [0.25, 0.3) is 0 Å². The van der Waals surface area contributed by atoms with Gasteiger partial charge in [-0.05, 0) is 43.7 Å². The van der Waals surface area contributed by atoms with Crippen LogP contribution in [-0.2, 0) is 33.3 Å². The maximum atomic E-state index is 13.1. The molecule has 1 unspecified atom stereocenters. The molecule has 5 atom stereocenters. The van der Waals surface area contributed by atoms with Crippen LogP contribution in [0.2, 0.25) is 0 Å². The van der Waals surface area contributed by atoms with Crippen LogP contribution < -0.4 is 0 Å². The van der Waals surface area contributed by atoms with Crippen molar-refractivity contribution < 1.29 is 33.3 Å². The molecule has 8 heteroatoms. The largest absolute Gasteiger partial charge is 0.462 e. The van der Waals surface area contributed by atoms with Crippen molar-refractivity contribution in [2.75, 3.05) is 46.1 Å². The van der Waals surface area contributed by atoms with Gasteiger partial charge in [0.15, 0.2) is 6.10 Å². The van der Waals surface area contributed by atoms with E-state index in [1.165, 1.54) is 0 Å². The number of rotatable bonds is 8. The zero-order valence-electron chi connectivity index (χ0n) is 21.6. The van der Waals surface area contributed by atoms with Crippen LogP contribution >= 0.6 is 0 Å². The first-order chi connectivity index (χ1) is 17.9. The molecule has 5 rings (SSSR count). The number of hydrogen-bond donors (Lipinski definition) is 0. The fraction of sp³-hybridized carbons (Fsp3) is 0.586. The van der Waals surface area contributed by atoms with Gasteiger partial charge < -0.3 is 23.7 Å². The lowest BCUT2D eigenvalue weighted by Gasteiger charge is -2.26. The SMILES string of the molecule is C=C1C(=O)O[C@@H]2[C@H]3O[C@]3(C)CC/C=C(/COC(C(=O)OCCN3CCOCC3)c3ccccc3)CC[C@@H]12. The molecule has 3 aliphatic heterocycles. The van der Waals surface area contributed by atoms with E-state index >= 15 is 0 Å². The number of allylic oxidation sites excluding steroid dienone is 1. The molecule has 37 heavy (non-hydrogen) atoms. The van der Waals surface area contributed by atoms with E-state index in [2.05, 4.69) is 24.5 Å². The number of nitrogens with zero attached hydrogens (tertiary/aromatic N) is 1. The van der Waals surface area contributed by atoms with Gasteiger partial charge in [-0.3, -0.25) is 4.90 Å². The number of fused-ring (bicyclic) bond motifs is 3. The Balaban J connectivity index is 1.22. The van der Waals surface area contributed by atoms with Gasteiger partial charge in [0.1, 0.15) is 18.8 Å². The summed E-state index contributed by atoms with van der Waals surface area (Å²) in [6.07, 6.45) is 4.16. The molecule has 0 aromatic heterocycles. The van der Waals surface area contributed by atoms with E-state index < -0.39 is 6.10 Å². The average Bonchev–Trinajstić information content (AvgIpc) is 3.50. The molecule has 4 aliphatic rings. The van der Waals surface area contributed by atoms with Gasteiger partial charge in [-0.2, -0.15) is 0 Å². The van der Waals surface area contributed by atoms with Gasteiger partial charge in [0.25, 0.3) is 0 Å². The van der Waals surface area contributed by atoms with Gasteiger partial charge >= 0.3 is 11.9 Å². The summed E-state index contributed by atoms with van der Waals surface area (Å²) in [6.45, 7) is 10.5. The third kappa shape index (κ3) is 6.14. The second kappa shape index (κ2) is 11.5. The van der Waals surface area contributed by atoms with E-state index in [9.17, 15) is 9.59 Å². The molecule has 3 saturated heterocycles. The van der Waals surface area contributed by atoms with Gasteiger partial charge in [0.2, 0.25) is 0 Å². The monoisotopic (exact) mass is 511 g/mol. The molecule has 1 aliphatic carbocycles. The summed E-state index contributed by atoms with van der Waals surface area (Å²) in [5, 5.41) is 0. The Hall–Kier alpha value is -2.52. The first kappa shape index (κ1) is 26.1. The summed E-state index contributed by atoms with van der Waals surface area (Å²) >= 11 is 0. The minimum atomic E-state index is -0.810. The van der Waals surface area contributed by atoms with Gasteiger partial charge in [-0.15, -0.1) is 0 Å². The van der Waals surface area contributed by atoms with Crippen molar-refractivity contribution in [2.24, 2.45) is 5.92 Å². The number of ether oxygens (including phenoxy) is 5. The highest BCUT2D eigenvalue weighted by molar-refractivity contribution is 5.91. The maximum Gasteiger partial charge on any atom is 0.339 e. The molecular weight excluding hydrogens is 474 g/mol. The van der Waals surface area contributed by atoms with Gasteiger partial charge in [0.05, 0.1) is 25.4 Å². The van der Waals surface area contributed by atoms with Gasteiger partial charge in [-0.1, -0.05) is 43.0 Å². The first-order valence-electron chi connectivity index (χ1n) is 13.3. The summed E-state index contributed by atoms with van der Waals surface area (Å²) in [6, 6.07) is 9.47. The summed E-state index contributed by atoms with van der Waals surface area (Å²) in [5.74, 6) is -0.779. The lowest BCUT2D eigenvalue weighted by atomic mass is 9.84. The molecule has 1 aromatic carbocycles. The molecule has 200 valence electrons. The van der Waals surface area contributed by atoms with Crippen molar-refractivity contribution in [2.45, 2.75) is 56.5 Å². The van der Waals surface area contributed by atoms with E-state index in [0.717, 1.165) is 49.9 Å². The van der Waals surface area contributed by atoms with Crippen LogP contribution in [0.4, 0.5) is 0 Å². The summed E-state index contributed by atoms with van der Waals surface area (Å²) < 4.78 is 28.9. The maximum absolute atomic E-state index is 13.1. The Kier molecular flexibility index (Phi) is 8.09. The molecule has 0 N–H and O–H groups in total. The molecule has 3 fully saturated rings.